The highest BCUT2D eigenvalue weighted by Crippen LogP contribution is 2.12. The molecule has 0 bridgehead atoms. The molecular weight excluding hydrogens is 192 g/mol. The summed E-state index contributed by atoms with van der Waals surface area (Å²) in [5, 5.41) is 8.30. The van der Waals surface area contributed by atoms with Crippen LogP contribution in [0, 0.1) is 11.3 Å². The zero-order chi connectivity index (χ0) is 11.1. The zero-order valence-electron chi connectivity index (χ0n) is 8.27. The Bertz CT molecular complexity index is 365. The van der Waals surface area contributed by atoms with Crippen LogP contribution < -0.4 is 10.5 Å². The number of hydrogen-bond donors (Lipinski definition) is 1. The molecule has 4 heteroatoms. The monoisotopic (exact) mass is 204 g/mol. The smallest absolute Gasteiger partial charge is 0.248 e. The van der Waals surface area contributed by atoms with E-state index in [4.69, 9.17) is 15.7 Å². The molecule has 0 saturated carbocycles. The largest absolute Gasteiger partial charge is 0.494 e. The maximum atomic E-state index is 10.8. The lowest BCUT2D eigenvalue weighted by Gasteiger charge is -2.04. The van der Waals surface area contributed by atoms with Gasteiger partial charge in [0.25, 0.3) is 0 Å². The molecule has 0 aliphatic rings. The van der Waals surface area contributed by atoms with Crippen molar-refractivity contribution in [2.75, 3.05) is 6.61 Å². The van der Waals surface area contributed by atoms with E-state index in [0.717, 1.165) is 0 Å². The van der Waals surface area contributed by atoms with Crippen LogP contribution in [0.2, 0.25) is 0 Å². The minimum Gasteiger partial charge on any atom is -0.494 e. The van der Waals surface area contributed by atoms with Crippen LogP contribution in [0.1, 0.15) is 23.2 Å². The molecule has 0 aliphatic carbocycles. The van der Waals surface area contributed by atoms with E-state index < -0.39 is 5.91 Å². The van der Waals surface area contributed by atoms with E-state index in [1.54, 1.807) is 24.3 Å². The molecule has 0 heterocycles. The van der Waals surface area contributed by atoms with E-state index in [-0.39, 0.29) is 0 Å². The lowest BCUT2D eigenvalue weighted by molar-refractivity contribution is 0.100. The number of unbranched alkanes of at least 4 members (excludes halogenated alkanes) is 1. The molecule has 0 atom stereocenters. The molecule has 0 radical (unpaired) electrons. The Morgan fingerprint density at radius 2 is 2.07 bits per heavy atom. The van der Waals surface area contributed by atoms with Crippen LogP contribution in [0.15, 0.2) is 24.3 Å². The second-order valence-corrected chi connectivity index (χ2v) is 3.00. The first-order valence-electron chi connectivity index (χ1n) is 4.63. The predicted octanol–water partition coefficient (Wildman–Crippen LogP) is 1.47. The summed E-state index contributed by atoms with van der Waals surface area (Å²) in [7, 11) is 0. The Hall–Kier alpha value is -2.02. The van der Waals surface area contributed by atoms with Gasteiger partial charge in [-0.15, -0.1) is 0 Å². The number of primary amides is 1. The minimum absolute atomic E-state index is 0.453. The Labute approximate surface area is 88.3 Å². The molecule has 1 aromatic carbocycles. The normalized spacial score (nSPS) is 9.27. The predicted molar refractivity (Wildman–Crippen MR) is 55.3 cm³/mol. The Morgan fingerprint density at radius 1 is 1.40 bits per heavy atom. The molecular formula is C11H12N2O2. The van der Waals surface area contributed by atoms with Gasteiger partial charge in [0.15, 0.2) is 0 Å². The van der Waals surface area contributed by atoms with Gasteiger partial charge in [-0.3, -0.25) is 4.79 Å². The first-order valence-corrected chi connectivity index (χ1v) is 4.63. The van der Waals surface area contributed by atoms with Crippen LogP contribution in [-0.2, 0) is 0 Å². The van der Waals surface area contributed by atoms with Crippen LogP contribution in [0.3, 0.4) is 0 Å². The number of nitrogens with zero attached hydrogens (tertiary/aromatic N) is 1. The van der Waals surface area contributed by atoms with Crippen molar-refractivity contribution < 1.29 is 9.53 Å². The first kappa shape index (κ1) is 11.1. The molecule has 1 rings (SSSR count). The number of rotatable bonds is 5. The molecule has 0 aromatic heterocycles. The van der Waals surface area contributed by atoms with Gasteiger partial charge >= 0.3 is 0 Å². The number of benzene rings is 1. The summed E-state index contributed by atoms with van der Waals surface area (Å²) < 4.78 is 5.34. The quantitative estimate of drug-likeness (QED) is 0.738. The van der Waals surface area contributed by atoms with Crippen molar-refractivity contribution in [3.05, 3.63) is 29.8 Å². The van der Waals surface area contributed by atoms with Crippen LogP contribution in [0.25, 0.3) is 0 Å². The number of amides is 1. The fourth-order valence-corrected chi connectivity index (χ4v) is 1.06. The summed E-state index contributed by atoms with van der Waals surface area (Å²) >= 11 is 0. The number of carbonyl (C=O) groups excluding carboxylic acids is 1. The first-order chi connectivity index (χ1) is 7.24. The van der Waals surface area contributed by atoms with Crippen LogP contribution in [0.4, 0.5) is 0 Å². The van der Waals surface area contributed by atoms with Gasteiger partial charge in [-0.25, -0.2) is 0 Å². The van der Waals surface area contributed by atoms with Gasteiger partial charge < -0.3 is 10.5 Å². The van der Waals surface area contributed by atoms with Crippen LogP contribution in [0.5, 0.6) is 5.75 Å². The average Bonchev–Trinajstić information content (AvgIpc) is 2.25. The summed E-state index contributed by atoms with van der Waals surface area (Å²) in [5.74, 6) is 0.226. The molecule has 78 valence electrons. The summed E-state index contributed by atoms with van der Waals surface area (Å²) in [4.78, 5) is 10.8. The van der Waals surface area contributed by atoms with Crippen molar-refractivity contribution in [2.45, 2.75) is 12.8 Å². The number of ether oxygens (including phenoxy) is 1. The molecule has 2 N–H and O–H groups in total. The number of nitrogens with two attached hydrogens (primary N) is 1. The van der Waals surface area contributed by atoms with E-state index in [1.165, 1.54) is 0 Å². The highest BCUT2D eigenvalue weighted by Gasteiger charge is 1.99. The van der Waals surface area contributed by atoms with Crippen molar-refractivity contribution in [1.29, 1.82) is 5.26 Å². The molecule has 0 aliphatic heterocycles. The topological polar surface area (TPSA) is 76.1 Å². The van der Waals surface area contributed by atoms with Gasteiger partial charge in [0.1, 0.15) is 5.75 Å². The lowest BCUT2D eigenvalue weighted by Crippen LogP contribution is -2.10. The van der Waals surface area contributed by atoms with E-state index in [0.29, 0.717) is 30.8 Å². The van der Waals surface area contributed by atoms with Crippen LogP contribution in [-0.4, -0.2) is 12.5 Å². The molecule has 15 heavy (non-hydrogen) atoms. The van der Waals surface area contributed by atoms with Gasteiger partial charge in [0.05, 0.1) is 12.7 Å². The maximum Gasteiger partial charge on any atom is 0.248 e. The Morgan fingerprint density at radius 3 is 2.60 bits per heavy atom. The molecule has 0 fully saturated rings. The third kappa shape index (κ3) is 3.69. The highest BCUT2D eigenvalue weighted by atomic mass is 16.5. The third-order valence-electron chi connectivity index (χ3n) is 1.84. The second-order valence-electron chi connectivity index (χ2n) is 3.00. The Balaban J connectivity index is 2.43. The van der Waals surface area contributed by atoms with Crippen molar-refractivity contribution in [3.63, 3.8) is 0 Å². The van der Waals surface area contributed by atoms with Gasteiger partial charge in [-0.05, 0) is 30.7 Å². The standard InChI is InChI=1S/C11H12N2O2/c12-7-1-2-8-15-10-5-3-9(4-6-10)11(13)14/h3-6H,1-2,8H2,(H2,13,14). The van der Waals surface area contributed by atoms with E-state index in [1.807, 2.05) is 6.07 Å². The summed E-state index contributed by atoms with van der Waals surface area (Å²) in [5.41, 5.74) is 5.55. The van der Waals surface area contributed by atoms with Crippen LogP contribution >= 0.6 is 0 Å². The fourth-order valence-electron chi connectivity index (χ4n) is 1.06. The molecule has 0 unspecified atom stereocenters. The van der Waals surface area contributed by atoms with Crippen molar-refractivity contribution in [1.82, 2.24) is 0 Å². The Kier molecular flexibility index (Phi) is 4.17. The number of carbonyl (C=O) groups is 1. The maximum absolute atomic E-state index is 10.8. The van der Waals surface area contributed by atoms with Gasteiger partial charge in [-0.2, -0.15) is 5.26 Å². The van der Waals surface area contributed by atoms with E-state index >= 15 is 0 Å². The van der Waals surface area contributed by atoms with Crippen molar-refractivity contribution >= 4 is 5.91 Å². The molecule has 1 aromatic rings. The van der Waals surface area contributed by atoms with Gasteiger partial charge in [-0.1, -0.05) is 0 Å². The SMILES string of the molecule is N#CCCCOc1ccc(C(N)=O)cc1. The molecule has 0 saturated heterocycles. The number of hydrogen-bond acceptors (Lipinski definition) is 3. The summed E-state index contributed by atoms with van der Waals surface area (Å²) in [6.07, 6.45) is 1.19. The number of nitriles is 1. The highest BCUT2D eigenvalue weighted by molar-refractivity contribution is 5.92. The van der Waals surface area contributed by atoms with E-state index in [2.05, 4.69) is 0 Å². The molecule has 0 spiro atoms. The fraction of sp³-hybridized carbons (Fsp3) is 0.273. The average molecular weight is 204 g/mol. The van der Waals surface area contributed by atoms with Crippen molar-refractivity contribution in [3.8, 4) is 11.8 Å². The lowest BCUT2D eigenvalue weighted by atomic mass is 10.2. The van der Waals surface area contributed by atoms with Gasteiger partial charge in [0, 0.05) is 12.0 Å². The summed E-state index contributed by atoms with van der Waals surface area (Å²) in [6.45, 7) is 0.503. The molecule has 4 nitrogen and oxygen atoms in total. The zero-order valence-corrected chi connectivity index (χ0v) is 8.27. The summed E-state index contributed by atoms with van der Waals surface area (Å²) in [6, 6.07) is 8.64. The van der Waals surface area contributed by atoms with E-state index in [9.17, 15) is 4.79 Å². The minimum atomic E-state index is -0.453. The van der Waals surface area contributed by atoms with Crippen molar-refractivity contribution in [2.24, 2.45) is 5.73 Å². The third-order valence-corrected chi connectivity index (χ3v) is 1.84. The second kappa shape index (κ2) is 5.66. The van der Waals surface area contributed by atoms with Gasteiger partial charge in [0.2, 0.25) is 5.91 Å². The molecule has 1 amide bonds.